The Kier molecular flexibility index (Phi) is 6.66. The van der Waals surface area contributed by atoms with Gasteiger partial charge in [0, 0.05) is 55.7 Å². The third kappa shape index (κ3) is 4.64. The van der Waals surface area contributed by atoms with Crippen LogP contribution in [0.2, 0.25) is 0 Å². The number of methoxy groups -OCH3 is 1. The summed E-state index contributed by atoms with van der Waals surface area (Å²) in [7, 11) is 3.57. The molecule has 1 fully saturated rings. The van der Waals surface area contributed by atoms with Gasteiger partial charge in [-0.3, -0.25) is 4.68 Å². The van der Waals surface area contributed by atoms with Gasteiger partial charge in [0.15, 0.2) is 5.17 Å². The Morgan fingerprint density at radius 2 is 2.32 bits per heavy atom. The number of aryl methyl sites for hydroxylation is 1. The van der Waals surface area contributed by atoms with Gasteiger partial charge < -0.3 is 20.5 Å². The monoisotopic (exact) mass is 447 g/mol. The van der Waals surface area contributed by atoms with E-state index in [-0.39, 0.29) is 30.5 Å². The van der Waals surface area contributed by atoms with Gasteiger partial charge in [0.1, 0.15) is 11.4 Å². The van der Waals surface area contributed by atoms with Crippen molar-refractivity contribution >= 4 is 16.9 Å². The lowest BCUT2D eigenvalue weighted by atomic mass is 9.74. The highest BCUT2D eigenvalue weighted by molar-refractivity contribution is 8.13. The van der Waals surface area contributed by atoms with Crippen LogP contribution in [0, 0.1) is 11.7 Å². The molecule has 1 saturated heterocycles. The fraction of sp³-hybridized carbons (Fsp3) is 0.545. The van der Waals surface area contributed by atoms with Crippen LogP contribution >= 0.6 is 11.8 Å². The van der Waals surface area contributed by atoms with E-state index in [1.165, 1.54) is 17.8 Å². The lowest BCUT2D eigenvalue weighted by Gasteiger charge is -2.46. The minimum Gasteiger partial charge on any atom is -0.383 e. The molecular formula is C22H30FN5O2S. The number of hydrogen-bond acceptors (Lipinski definition) is 7. The normalized spacial score (nSPS) is 26.9. The summed E-state index contributed by atoms with van der Waals surface area (Å²) >= 11 is 1.53. The largest absolute Gasteiger partial charge is 0.383 e. The smallest absolute Gasteiger partial charge is 0.154 e. The Balaban J connectivity index is 1.62. The average Bonchev–Trinajstić information content (AvgIpc) is 3.19. The van der Waals surface area contributed by atoms with E-state index in [0.717, 1.165) is 23.3 Å². The summed E-state index contributed by atoms with van der Waals surface area (Å²) in [5, 5.41) is 8.15. The summed E-state index contributed by atoms with van der Waals surface area (Å²) in [6, 6.07) is 5.45. The maximum Gasteiger partial charge on any atom is 0.154 e. The highest BCUT2D eigenvalue weighted by Gasteiger charge is 2.49. The molecule has 0 saturated carbocycles. The quantitative estimate of drug-likeness (QED) is 0.679. The van der Waals surface area contributed by atoms with Crippen molar-refractivity contribution in [3.05, 3.63) is 53.1 Å². The topological polar surface area (TPSA) is 86.7 Å². The summed E-state index contributed by atoms with van der Waals surface area (Å²) in [4.78, 5) is 4.80. The number of aliphatic imine (C=N–C) groups is 1. The first kappa shape index (κ1) is 22.3. The van der Waals surface area contributed by atoms with Crippen molar-refractivity contribution < 1.29 is 13.9 Å². The minimum absolute atomic E-state index is 0.0789. The minimum atomic E-state index is -0.813. The first-order valence-corrected chi connectivity index (χ1v) is 11.5. The van der Waals surface area contributed by atoms with Gasteiger partial charge in [-0.1, -0.05) is 17.8 Å². The predicted octanol–water partition coefficient (Wildman–Crippen LogP) is 2.72. The molecule has 0 aliphatic carbocycles. The molecule has 9 heteroatoms. The van der Waals surface area contributed by atoms with Crippen molar-refractivity contribution in [3.8, 4) is 0 Å². The number of amidine groups is 1. The Labute approximate surface area is 186 Å². The van der Waals surface area contributed by atoms with Gasteiger partial charge in [-0.2, -0.15) is 5.10 Å². The van der Waals surface area contributed by atoms with Gasteiger partial charge in [-0.25, -0.2) is 9.38 Å². The third-order valence-electron chi connectivity index (χ3n) is 6.09. The van der Waals surface area contributed by atoms with Crippen LogP contribution in [0.5, 0.6) is 0 Å². The van der Waals surface area contributed by atoms with Crippen LogP contribution in [0.4, 0.5) is 4.39 Å². The molecule has 1 aromatic heterocycles. The zero-order chi connectivity index (χ0) is 22.0. The molecule has 1 aromatic carbocycles. The molecule has 2 aromatic rings. The second-order valence-electron chi connectivity index (χ2n) is 8.42. The molecule has 3 heterocycles. The average molecular weight is 448 g/mol. The number of nitrogens with two attached hydrogens (primary N) is 1. The van der Waals surface area contributed by atoms with E-state index in [2.05, 4.69) is 17.3 Å². The Hall–Kier alpha value is -1.94. The molecule has 168 valence electrons. The SMILES string of the molecule is COC[C@@H](C)NCc1ccc(F)c(C23COC(c4cnn(C)c4)CC2CSC(N)=N3)c1. The maximum absolute atomic E-state index is 15.2. The summed E-state index contributed by atoms with van der Waals surface area (Å²) in [5.74, 6) is 0.613. The van der Waals surface area contributed by atoms with Gasteiger partial charge in [0.2, 0.25) is 0 Å². The molecule has 0 amide bonds. The Morgan fingerprint density at radius 3 is 3.06 bits per heavy atom. The highest BCUT2D eigenvalue weighted by atomic mass is 32.2. The van der Waals surface area contributed by atoms with Crippen molar-refractivity contribution in [2.24, 2.45) is 23.7 Å². The van der Waals surface area contributed by atoms with Gasteiger partial charge in [0.25, 0.3) is 0 Å². The predicted molar refractivity (Wildman–Crippen MR) is 120 cm³/mol. The first-order chi connectivity index (χ1) is 14.9. The lowest BCUT2D eigenvalue weighted by Crippen LogP contribution is -2.48. The number of fused-ring (bicyclic) bond motifs is 1. The second-order valence-corrected chi connectivity index (χ2v) is 9.46. The molecule has 7 nitrogen and oxygen atoms in total. The van der Waals surface area contributed by atoms with E-state index in [1.54, 1.807) is 11.8 Å². The zero-order valence-electron chi connectivity index (χ0n) is 18.2. The van der Waals surface area contributed by atoms with E-state index in [1.807, 2.05) is 31.6 Å². The molecule has 3 N–H and O–H groups in total. The molecule has 4 rings (SSSR count). The fourth-order valence-electron chi connectivity index (χ4n) is 4.42. The maximum atomic E-state index is 15.2. The lowest BCUT2D eigenvalue weighted by molar-refractivity contribution is -0.0588. The van der Waals surface area contributed by atoms with Crippen molar-refractivity contribution in [3.63, 3.8) is 0 Å². The van der Waals surface area contributed by atoms with Crippen LogP contribution in [0.3, 0.4) is 0 Å². The standard InChI is InChI=1S/C22H30FN5O2S/c1-14(11-29-3)25-8-15-4-5-19(23)18(6-15)22-13-30-20(16-9-26-28(2)10-16)7-17(22)12-31-21(24)27-22/h4-6,9-10,14,17,20,25H,7-8,11-13H2,1-3H3,(H2,24,27)/t14-,17?,20?,22?/m1/s1. The van der Waals surface area contributed by atoms with E-state index in [0.29, 0.717) is 23.9 Å². The second kappa shape index (κ2) is 9.28. The number of nitrogens with one attached hydrogen (secondary N) is 1. The summed E-state index contributed by atoms with van der Waals surface area (Å²) in [6.45, 7) is 3.57. The first-order valence-electron chi connectivity index (χ1n) is 10.5. The molecular weight excluding hydrogens is 417 g/mol. The Bertz CT molecular complexity index is 952. The van der Waals surface area contributed by atoms with Crippen LogP contribution in [0.25, 0.3) is 0 Å². The summed E-state index contributed by atoms with van der Waals surface area (Å²) < 4.78 is 28.4. The molecule has 0 radical (unpaired) electrons. The number of aromatic nitrogens is 2. The number of nitrogens with zero attached hydrogens (tertiary/aromatic N) is 3. The van der Waals surface area contributed by atoms with Crippen molar-refractivity contribution in [1.82, 2.24) is 15.1 Å². The third-order valence-corrected chi connectivity index (χ3v) is 7.04. The molecule has 4 atom stereocenters. The van der Waals surface area contributed by atoms with Crippen LogP contribution < -0.4 is 11.1 Å². The van der Waals surface area contributed by atoms with E-state index in [4.69, 9.17) is 20.2 Å². The molecule has 0 spiro atoms. The molecule has 0 bridgehead atoms. The van der Waals surface area contributed by atoms with E-state index < -0.39 is 5.54 Å². The number of ether oxygens (including phenoxy) is 2. The molecule has 2 aliphatic rings. The number of rotatable bonds is 7. The number of hydrogen-bond donors (Lipinski definition) is 2. The van der Waals surface area contributed by atoms with Crippen LogP contribution in [-0.4, -0.2) is 47.1 Å². The summed E-state index contributed by atoms with van der Waals surface area (Å²) in [6.07, 6.45) is 4.46. The van der Waals surface area contributed by atoms with Gasteiger partial charge >= 0.3 is 0 Å². The van der Waals surface area contributed by atoms with Crippen LogP contribution in [0.15, 0.2) is 35.6 Å². The van der Waals surface area contributed by atoms with Crippen molar-refractivity contribution in [1.29, 1.82) is 0 Å². The number of benzene rings is 1. The van der Waals surface area contributed by atoms with Crippen molar-refractivity contribution in [2.75, 3.05) is 26.1 Å². The van der Waals surface area contributed by atoms with Gasteiger partial charge in [-0.05, 0) is 31.0 Å². The highest BCUT2D eigenvalue weighted by Crippen LogP contribution is 2.49. The Morgan fingerprint density at radius 1 is 1.48 bits per heavy atom. The van der Waals surface area contributed by atoms with E-state index in [9.17, 15) is 0 Å². The van der Waals surface area contributed by atoms with Crippen LogP contribution in [-0.2, 0) is 28.6 Å². The fourth-order valence-corrected chi connectivity index (χ4v) is 5.43. The van der Waals surface area contributed by atoms with Gasteiger partial charge in [-0.15, -0.1) is 0 Å². The number of halogens is 1. The van der Waals surface area contributed by atoms with Gasteiger partial charge in [0.05, 0.1) is 25.5 Å². The van der Waals surface area contributed by atoms with E-state index >= 15 is 4.39 Å². The van der Waals surface area contributed by atoms with Crippen molar-refractivity contribution in [2.45, 2.75) is 37.6 Å². The molecule has 3 unspecified atom stereocenters. The van der Waals surface area contributed by atoms with Crippen LogP contribution in [0.1, 0.15) is 36.1 Å². The molecule has 31 heavy (non-hydrogen) atoms. The number of thioether (sulfide) groups is 1. The molecule has 2 aliphatic heterocycles. The summed E-state index contributed by atoms with van der Waals surface area (Å²) in [5.41, 5.74) is 7.91. The zero-order valence-corrected chi connectivity index (χ0v) is 19.0.